The number of aryl methyl sites for hydroxylation is 1. The molecule has 0 radical (unpaired) electrons. The van der Waals surface area contributed by atoms with Crippen molar-refractivity contribution in [3.63, 3.8) is 0 Å². The third-order valence-electron chi connectivity index (χ3n) is 4.42. The average Bonchev–Trinajstić information content (AvgIpc) is 3.38. The first kappa shape index (κ1) is 18.2. The van der Waals surface area contributed by atoms with Gasteiger partial charge >= 0.3 is 0 Å². The number of rotatable bonds is 5. The van der Waals surface area contributed by atoms with Gasteiger partial charge in [-0.2, -0.15) is 5.10 Å². The second-order valence-corrected chi connectivity index (χ2v) is 6.39. The summed E-state index contributed by atoms with van der Waals surface area (Å²) < 4.78 is 6.75. The van der Waals surface area contributed by atoms with Crippen molar-refractivity contribution in [3.8, 4) is 16.9 Å². The summed E-state index contributed by atoms with van der Waals surface area (Å²) in [6, 6.07) is 17.2. The Bertz CT molecular complexity index is 1180. The van der Waals surface area contributed by atoms with E-state index in [1.54, 1.807) is 36.3 Å². The summed E-state index contributed by atoms with van der Waals surface area (Å²) in [5.74, 6) is 0.0761. The van der Waals surface area contributed by atoms with E-state index in [4.69, 9.17) is 4.42 Å². The normalized spacial score (nSPS) is 10.7. The Labute approximate surface area is 165 Å². The largest absolute Gasteiger partial charge is 0.472 e. The van der Waals surface area contributed by atoms with E-state index in [9.17, 15) is 14.9 Å². The molecule has 0 unspecified atom stereocenters. The van der Waals surface area contributed by atoms with Gasteiger partial charge in [-0.25, -0.2) is 4.68 Å². The Morgan fingerprint density at radius 3 is 2.59 bits per heavy atom. The number of hydrogen-bond acceptors (Lipinski definition) is 5. The van der Waals surface area contributed by atoms with Gasteiger partial charge in [-0.1, -0.05) is 18.2 Å². The first-order chi connectivity index (χ1) is 14.0. The Balaban J connectivity index is 1.70. The van der Waals surface area contributed by atoms with E-state index in [1.165, 1.54) is 18.2 Å². The second kappa shape index (κ2) is 7.43. The van der Waals surface area contributed by atoms with Crippen LogP contribution in [0.3, 0.4) is 0 Å². The molecular weight excluding hydrogens is 372 g/mol. The Morgan fingerprint density at radius 2 is 1.93 bits per heavy atom. The van der Waals surface area contributed by atoms with E-state index in [0.717, 1.165) is 11.3 Å². The smallest absolute Gasteiger partial charge is 0.272 e. The van der Waals surface area contributed by atoms with Crippen LogP contribution in [0, 0.1) is 17.0 Å². The lowest BCUT2D eigenvalue weighted by molar-refractivity contribution is -0.385. The van der Waals surface area contributed by atoms with Gasteiger partial charge in [0.1, 0.15) is 5.82 Å². The maximum Gasteiger partial charge on any atom is 0.272 e. The van der Waals surface area contributed by atoms with Gasteiger partial charge in [0.15, 0.2) is 0 Å². The zero-order valence-corrected chi connectivity index (χ0v) is 15.4. The number of nitro groups is 1. The van der Waals surface area contributed by atoms with Crippen molar-refractivity contribution in [2.24, 2.45) is 0 Å². The lowest BCUT2D eigenvalue weighted by Gasteiger charge is -2.09. The van der Waals surface area contributed by atoms with E-state index in [1.807, 2.05) is 30.3 Å². The average molecular weight is 388 g/mol. The van der Waals surface area contributed by atoms with Crippen LogP contribution in [0.2, 0.25) is 0 Å². The monoisotopic (exact) mass is 388 g/mol. The number of nitrogens with one attached hydrogen (secondary N) is 1. The van der Waals surface area contributed by atoms with Crippen LogP contribution in [-0.4, -0.2) is 20.6 Å². The molecule has 2 aromatic carbocycles. The lowest BCUT2D eigenvalue weighted by atomic mass is 10.1. The van der Waals surface area contributed by atoms with Gasteiger partial charge in [-0.3, -0.25) is 14.9 Å². The second-order valence-electron chi connectivity index (χ2n) is 6.39. The fourth-order valence-corrected chi connectivity index (χ4v) is 2.98. The fraction of sp³-hybridized carbons (Fsp3) is 0.0476. The first-order valence-electron chi connectivity index (χ1n) is 8.77. The van der Waals surface area contributed by atoms with Crippen molar-refractivity contribution in [3.05, 3.63) is 94.4 Å². The zero-order valence-electron chi connectivity index (χ0n) is 15.4. The van der Waals surface area contributed by atoms with Gasteiger partial charge in [0.05, 0.1) is 28.8 Å². The summed E-state index contributed by atoms with van der Waals surface area (Å²) in [6.07, 6.45) is 3.12. The molecule has 1 amide bonds. The predicted octanol–water partition coefficient (Wildman–Crippen LogP) is 4.60. The van der Waals surface area contributed by atoms with Gasteiger partial charge in [-0.05, 0) is 37.3 Å². The molecule has 0 saturated heterocycles. The molecule has 0 bridgehead atoms. The highest BCUT2D eigenvalue weighted by Gasteiger charge is 2.17. The van der Waals surface area contributed by atoms with Crippen molar-refractivity contribution >= 4 is 17.4 Å². The molecule has 0 atom stereocenters. The molecule has 0 saturated carbocycles. The van der Waals surface area contributed by atoms with Crippen LogP contribution in [0.1, 0.15) is 15.9 Å². The van der Waals surface area contributed by atoms with E-state index in [0.29, 0.717) is 22.6 Å². The summed E-state index contributed by atoms with van der Waals surface area (Å²) in [7, 11) is 0. The van der Waals surface area contributed by atoms with Gasteiger partial charge in [0.2, 0.25) is 0 Å². The Kier molecular flexibility index (Phi) is 4.66. The van der Waals surface area contributed by atoms with Crippen molar-refractivity contribution < 1.29 is 14.1 Å². The SMILES string of the molecule is Cc1cc(C(=O)Nc2cc(-c3ccoc3)nn2-c2ccccc2)ccc1[N+](=O)[O-]. The molecule has 144 valence electrons. The molecule has 29 heavy (non-hydrogen) atoms. The van der Waals surface area contributed by atoms with E-state index in [-0.39, 0.29) is 11.6 Å². The topological polar surface area (TPSA) is 103 Å². The predicted molar refractivity (Wildman–Crippen MR) is 107 cm³/mol. The Hall–Kier alpha value is -4.20. The summed E-state index contributed by atoms with van der Waals surface area (Å²) in [5.41, 5.74) is 2.90. The molecule has 0 fully saturated rings. The fourth-order valence-electron chi connectivity index (χ4n) is 2.98. The quantitative estimate of drug-likeness (QED) is 0.397. The number of benzene rings is 2. The maximum absolute atomic E-state index is 12.8. The number of furan rings is 1. The number of aromatic nitrogens is 2. The number of nitrogens with zero attached hydrogens (tertiary/aromatic N) is 3. The summed E-state index contributed by atoms with van der Waals surface area (Å²) in [4.78, 5) is 23.3. The number of nitro benzene ring substituents is 1. The van der Waals surface area contributed by atoms with Crippen LogP contribution in [0.4, 0.5) is 11.5 Å². The minimum Gasteiger partial charge on any atom is -0.472 e. The minimum atomic E-state index is -0.474. The molecule has 0 aliphatic carbocycles. The molecule has 1 N–H and O–H groups in total. The molecule has 8 heteroatoms. The third-order valence-corrected chi connectivity index (χ3v) is 4.42. The lowest BCUT2D eigenvalue weighted by Crippen LogP contribution is -2.15. The van der Waals surface area contributed by atoms with Crippen LogP contribution in [0.25, 0.3) is 16.9 Å². The number of carbonyl (C=O) groups is 1. The molecular formula is C21H16N4O4. The van der Waals surface area contributed by atoms with E-state index in [2.05, 4.69) is 10.4 Å². The van der Waals surface area contributed by atoms with Crippen LogP contribution in [0.5, 0.6) is 0 Å². The zero-order chi connectivity index (χ0) is 20.4. The highest BCUT2D eigenvalue weighted by atomic mass is 16.6. The van der Waals surface area contributed by atoms with Crippen molar-refractivity contribution in [1.82, 2.24) is 9.78 Å². The number of para-hydroxylation sites is 1. The van der Waals surface area contributed by atoms with E-state index >= 15 is 0 Å². The standard InChI is InChI=1S/C21H16N4O4/c1-14-11-15(7-8-19(14)25(27)28)21(26)22-20-12-18(16-9-10-29-13-16)23-24(20)17-5-3-2-4-6-17/h2-13H,1H3,(H,22,26). The number of carbonyl (C=O) groups excluding carboxylic acids is 1. The maximum atomic E-state index is 12.8. The van der Waals surface area contributed by atoms with E-state index < -0.39 is 4.92 Å². The van der Waals surface area contributed by atoms with Crippen LogP contribution >= 0.6 is 0 Å². The summed E-state index contributed by atoms with van der Waals surface area (Å²) in [5, 5.41) is 18.4. The number of anilines is 1. The number of hydrogen-bond donors (Lipinski definition) is 1. The van der Waals surface area contributed by atoms with Crippen molar-refractivity contribution in [1.29, 1.82) is 0 Å². The van der Waals surface area contributed by atoms with Gasteiger partial charge in [0, 0.05) is 28.8 Å². The molecule has 0 aliphatic heterocycles. The van der Waals surface area contributed by atoms with Crippen LogP contribution < -0.4 is 5.32 Å². The van der Waals surface area contributed by atoms with Crippen LogP contribution in [-0.2, 0) is 0 Å². The minimum absolute atomic E-state index is 0.0295. The van der Waals surface area contributed by atoms with Crippen molar-refractivity contribution in [2.45, 2.75) is 6.92 Å². The molecule has 0 aliphatic rings. The molecule has 8 nitrogen and oxygen atoms in total. The molecule has 2 aromatic heterocycles. The van der Waals surface area contributed by atoms with Crippen LogP contribution in [0.15, 0.2) is 77.6 Å². The molecule has 4 rings (SSSR count). The molecule has 0 spiro atoms. The van der Waals surface area contributed by atoms with Crippen molar-refractivity contribution in [2.75, 3.05) is 5.32 Å². The number of amides is 1. The first-order valence-corrected chi connectivity index (χ1v) is 8.77. The van der Waals surface area contributed by atoms with Gasteiger partial charge in [-0.15, -0.1) is 0 Å². The Morgan fingerprint density at radius 1 is 1.14 bits per heavy atom. The molecule has 2 heterocycles. The molecule has 4 aromatic rings. The summed E-state index contributed by atoms with van der Waals surface area (Å²) in [6.45, 7) is 1.60. The van der Waals surface area contributed by atoms with Gasteiger partial charge in [0.25, 0.3) is 11.6 Å². The third kappa shape index (κ3) is 3.63. The highest BCUT2D eigenvalue weighted by molar-refractivity contribution is 6.04. The highest BCUT2D eigenvalue weighted by Crippen LogP contribution is 2.26. The van der Waals surface area contributed by atoms with Gasteiger partial charge < -0.3 is 9.73 Å². The summed E-state index contributed by atoms with van der Waals surface area (Å²) >= 11 is 0.